The summed E-state index contributed by atoms with van der Waals surface area (Å²) in [6.45, 7) is 2.77. The maximum absolute atomic E-state index is 11.0. The number of esters is 1. The van der Waals surface area contributed by atoms with E-state index in [1.165, 1.54) is 17.9 Å². The molecule has 4 heteroatoms. The van der Waals surface area contributed by atoms with Gasteiger partial charge in [-0.1, -0.05) is 55.5 Å². The maximum Gasteiger partial charge on any atom is 0.322 e. The van der Waals surface area contributed by atoms with Crippen molar-refractivity contribution in [3.8, 4) is 0 Å². The Labute approximate surface area is 132 Å². The van der Waals surface area contributed by atoms with E-state index in [0.29, 0.717) is 6.42 Å². The monoisotopic (exact) mass is 303 g/mol. The van der Waals surface area contributed by atoms with Crippen molar-refractivity contribution < 1.29 is 14.6 Å². The average molecular weight is 303 g/mol. The molecule has 0 bridgehead atoms. The minimum atomic E-state index is -0.361. The van der Waals surface area contributed by atoms with Crippen LogP contribution in [0.5, 0.6) is 0 Å². The fraction of sp³-hybridized carbons (Fsp3) is 0.389. The van der Waals surface area contributed by atoms with E-state index in [1.807, 2.05) is 6.92 Å². The summed E-state index contributed by atoms with van der Waals surface area (Å²) in [6, 6.07) is 16.4. The van der Waals surface area contributed by atoms with Gasteiger partial charge in [0.2, 0.25) is 0 Å². The second kappa shape index (κ2) is 10.8. The van der Waals surface area contributed by atoms with Gasteiger partial charge in [-0.05, 0) is 30.2 Å². The molecule has 0 aliphatic carbocycles. The molecular formula is C18H25NO3. The number of aliphatic hydroxyl groups excluding tert-OH is 1. The van der Waals surface area contributed by atoms with Crippen LogP contribution in [-0.2, 0) is 9.53 Å². The second-order valence-corrected chi connectivity index (χ2v) is 4.89. The van der Waals surface area contributed by atoms with Crippen LogP contribution in [0.1, 0.15) is 19.8 Å². The summed E-state index contributed by atoms with van der Waals surface area (Å²) in [4.78, 5) is 11.0. The number of aliphatic hydroxyl groups is 1. The number of hydrogen-bond acceptors (Lipinski definition) is 4. The molecule has 2 aromatic carbocycles. The molecule has 2 N–H and O–H groups in total. The van der Waals surface area contributed by atoms with E-state index in [9.17, 15) is 4.79 Å². The summed E-state index contributed by atoms with van der Waals surface area (Å²) in [5, 5.41) is 14.2. The highest BCUT2D eigenvalue weighted by molar-refractivity contribution is 5.82. The highest BCUT2D eigenvalue weighted by atomic mass is 16.5. The quantitative estimate of drug-likeness (QED) is 0.806. The van der Waals surface area contributed by atoms with E-state index in [-0.39, 0.29) is 18.6 Å². The van der Waals surface area contributed by atoms with Gasteiger partial charge in [0.25, 0.3) is 0 Å². The molecule has 0 radical (unpaired) electrons. The lowest BCUT2D eigenvalue weighted by molar-refractivity contribution is -0.143. The largest absolute Gasteiger partial charge is 0.468 e. The first kappa shape index (κ1) is 18.1. The lowest BCUT2D eigenvalue weighted by Crippen LogP contribution is -2.38. The van der Waals surface area contributed by atoms with Crippen LogP contribution in [0.2, 0.25) is 0 Å². The number of ether oxygens (including phenoxy) is 1. The first-order valence-electron chi connectivity index (χ1n) is 7.58. The Hall–Kier alpha value is -1.91. The zero-order valence-corrected chi connectivity index (χ0v) is 13.3. The van der Waals surface area contributed by atoms with Crippen molar-refractivity contribution in [3.63, 3.8) is 0 Å². The SMILES string of the molecule is CCCNC(CCO)C(=O)OC.c1ccc2ccccc2c1. The summed E-state index contributed by atoms with van der Waals surface area (Å²) in [7, 11) is 1.35. The molecule has 2 aromatic rings. The number of nitrogens with one attached hydrogen (secondary N) is 1. The Morgan fingerprint density at radius 3 is 2.00 bits per heavy atom. The molecule has 4 nitrogen and oxygen atoms in total. The molecule has 1 unspecified atom stereocenters. The minimum absolute atomic E-state index is 0.00349. The van der Waals surface area contributed by atoms with Crippen LogP contribution in [0.4, 0.5) is 0 Å². The number of rotatable bonds is 6. The van der Waals surface area contributed by atoms with Crippen LogP contribution in [0.25, 0.3) is 10.8 Å². The van der Waals surface area contributed by atoms with Crippen LogP contribution in [-0.4, -0.2) is 37.4 Å². The highest BCUT2D eigenvalue weighted by Gasteiger charge is 2.16. The summed E-state index contributed by atoms with van der Waals surface area (Å²) in [5.41, 5.74) is 0. The van der Waals surface area contributed by atoms with Gasteiger partial charge < -0.3 is 15.2 Å². The normalized spacial score (nSPS) is 11.4. The number of carbonyl (C=O) groups is 1. The summed E-state index contributed by atoms with van der Waals surface area (Å²) >= 11 is 0. The van der Waals surface area contributed by atoms with E-state index in [2.05, 4.69) is 58.6 Å². The van der Waals surface area contributed by atoms with Crippen molar-refractivity contribution in [2.45, 2.75) is 25.8 Å². The fourth-order valence-corrected chi connectivity index (χ4v) is 2.03. The van der Waals surface area contributed by atoms with E-state index >= 15 is 0 Å². The second-order valence-electron chi connectivity index (χ2n) is 4.89. The summed E-state index contributed by atoms with van der Waals surface area (Å²) < 4.78 is 4.55. The van der Waals surface area contributed by atoms with E-state index in [4.69, 9.17) is 5.11 Å². The summed E-state index contributed by atoms with van der Waals surface area (Å²) in [5.74, 6) is -0.308. The van der Waals surface area contributed by atoms with Gasteiger partial charge in [0.05, 0.1) is 7.11 Å². The summed E-state index contributed by atoms with van der Waals surface area (Å²) in [6.07, 6.45) is 1.37. The molecule has 0 spiro atoms. The van der Waals surface area contributed by atoms with Gasteiger partial charge >= 0.3 is 5.97 Å². The topological polar surface area (TPSA) is 58.6 Å². The van der Waals surface area contributed by atoms with Crippen LogP contribution in [0, 0.1) is 0 Å². The Kier molecular flexibility index (Phi) is 8.88. The number of fused-ring (bicyclic) bond motifs is 1. The van der Waals surface area contributed by atoms with Crippen LogP contribution >= 0.6 is 0 Å². The Morgan fingerprint density at radius 1 is 1.14 bits per heavy atom. The third kappa shape index (κ3) is 6.24. The van der Waals surface area contributed by atoms with Crippen LogP contribution in [0.3, 0.4) is 0 Å². The number of hydrogen-bond donors (Lipinski definition) is 2. The maximum atomic E-state index is 11.0. The predicted octanol–water partition coefficient (Wildman–Crippen LogP) is 2.75. The number of benzene rings is 2. The number of carbonyl (C=O) groups excluding carboxylic acids is 1. The third-order valence-corrected chi connectivity index (χ3v) is 3.20. The molecule has 2 rings (SSSR count). The molecule has 0 saturated heterocycles. The zero-order chi connectivity index (χ0) is 16.2. The Balaban J connectivity index is 0.000000222. The predicted molar refractivity (Wildman–Crippen MR) is 89.7 cm³/mol. The van der Waals surface area contributed by atoms with Gasteiger partial charge in [0.1, 0.15) is 6.04 Å². The molecule has 22 heavy (non-hydrogen) atoms. The standard InChI is InChI=1S/C10H8.C8H17NO3/c1-2-6-10-8-4-3-7-9(10)5-1;1-3-5-9-7(4-6-10)8(11)12-2/h1-8H;7,9-10H,3-6H2,1-2H3. The number of methoxy groups -OCH3 is 1. The molecule has 0 heterocycles. The van der Waals surface area contributed by atoms with Gasteiger partial charge in [-0.2, -0.15) is 0 Å². The molecular weight excluding hydrogens is 278 g/mol. The third-order valence-electron chi connectivity index (χ3n) is 3.20. The van der Waals surface area contributed by atoms with E-state index < -0.39 is 0 Å². The van der Waals surface area contributed by atoms with E-state index in [1.54, 1.807) is 0 Å². The molecule has 1 atom stereocenters. The lowest BCUT2D eigenvalue weighted by atomic mass is 10.1. The first-order chi connectivity index (χ1) is 10.7. The van der Waals surface area contributed by atoms with Crippen molar-refractivity contribution in [3.05, 3.63) is 48.5 Å². The smallest absolute Gasteiger partial charge is 0.322 e. The van der Waals surface area contributed by atoms with Gasteiger partial charge in [-0.3, -0.25) is 4.79 Å². The molecule has 0 fully saturated rings. The molecule has 0 aliphatic rings. The molecule has 0 aliphatic heterocycles. The Morgan fingerprint density at radius 2 is 1.64 bits per heavy atom. The van der Waals surface area contributed by atoms with E-state index in [0.717, 1.165) is 13.0 Å². The lowest BCUT2D eigenvalue weighted by Gasteiger charge is -2.14. The average Bonchev–Trinajstić information content (AvgIpc) is 2.58. The van der Waals surface area contributed by atoms with Gasteiger partial charge in [0, 0.05) is 6.61 Å². The van der Waals surface area contributed by atoms with Crippen LogP contribution in [0.15, 0.2) is 48.5 Å². The van der Waals surface area contributed by atoms with Crippen LogP contribution < -0.4 is 5.32 Å². The van der Waals surface area contributed by atoms with Gasteiger partial charge in [-0.15, -0.1) is 0 Å². The van der Waals surface area contributed by atoms with Crippen molar-refractivity contribution in [2.24, 2.45) is 0 Å². The molecule has 120 valence electrons. The van der Waals surface area contributed by atoms with Gasteiger partial charge in [-0.25, -0.2) is 0 Å². The first-order valence-corrected chi connectivity index (χ1v) is 7.58. The highest BCUT2D eigenvalue weighted by Crippen LogP contribution is 2.11. The molecule has 0 saturated carbocycles. The zero-order valence-electron chi connectivity index (χ0n) is 13.3. The van der Waals surface area contributed by atoms with Gasteiger partial charge in [0.15, 0.2) is 0 Å². The van der Waals surface area contributed by atoms with Crippen molar-refractivity contribution in [1.29, 1.82) is 0 Å². The van der Waals surface area contributed by atoms with Crippen molar-refractivity contribution in [1.82, 2.24) is 5.32 Å². The Bertz CT molecular complexity index is 491. The van der Waals surface area contributed by atoms with Crippen molar-refractivity contribution >= 4 is 16.7 Å². The van der Waals surface area contributed by atoms with Crippen molar-refractivity contribution in [2.75, 3.05) is 20.3 Å². The molecule has 0 amide bonds. The molecule has 0 aromatic heterocycles. The fourth-order valence-electron chi connectivity index (χ4n) is 2.03. The minimum Gasteiger partial charge on any atom is -0.468 e.